The van der Waals surface area contributed by atoms with Gasteiger partial charge in [-0.1, -0.05) is 0 Å². The fraction of sp³-hybridized carbons (Fsp3) is 0.444. The van der Waals surface area contributed by atoms with Crippen LogP contribution >= 0.6 is 0 Å². The zero-order valence-corrected chi connectivity index (χ0v) is 20.4. The van der Waals surface area contributed by atoms with Crippen LogP contribution < -0.4 is 19.3 Å². The Bertz CT molecular complexity index is 1130. The summed E-state index contributed by atoms with van der Waals surface area (Å²) in [5.74, 6) is 1.99. The van der Waals surface area contributed by atoms with Crippen molar-refractivity contribution in [3.63, 3.8) is 0 Å². The molecular formula is C27H34N4O2. The van der Waals surface area contributed by atoms with Crippen molar-refractivity contribution < 1.29 is 9.47 Å². The molecule has 2 aliphatic rings. The van der Waals surface area contributed by atoms with Crippen LogP contribution in [-0.2, 0) is 13.0 Å². The van der Waals surface area contributed by atoms with Gasteiger partial charge in [0.05, 0.1) is 13.7 Å². The Kier molecular flexibility index (Phi) is 5.47. The van der Waals surface area contributed by atoms with Crippen LogP contribution in [0.4, 0.5) is 11.4 Å². The zero-order valence-electron chi connectivity index (χ0n) is 20.4. The van der Waals surface area contributed by atoms with Gasteiger partial charge in [-0.15, -0.1) is 0 Å². The Morgan fingerprint density at radius 1 is 0.970 bits per heavy atom. The lowest BCUT2D eigenvalue weighted by atomic mass is 9.91. The standard InChI is InChI=1S/C27H34N4O2/c1-19-20(2)26-24(17-27(4,33-26)18-31-12-6-11-28-31)21(3)25(19)30-15-13-29(14-16-30)22-7-9-23(32-5)10-8-22/h6-12H,13-18H2,1-5H3. The van der Waals surface area contributed by atoms with E-state index in [-0.39, 0.29) is 5.60 Å². The average Bonchev–Trinajstić information content (AvgIpc) is 3.46. The van der Waals surface area contributed by atoms with Crippen molar-refractivity contribution in [2.24, 2.45) is 0 Å². The summed E-state index contributed by atoms with van der Waals surface area (Å²) in [5, 5.41) is 4.40. The van der Waals surface area contributed by atoms with Crippen molar-refractivity contribution >= 4 is 11.4 Å². The Labute approximate surface area is 196 Å². The maximum absolute atomic E-state index is 6.60. The Hall–Kier alpha value is -3.15. The highest BCUT2D eigenvalue weighted by atomic mass is 16.5. The lowest BCUT2D eigenvalue weighted by molar-refractivity contribution is 0.0900. The van der Waals surface area contributed by atoms with Crippen molar-refractivity contribution in [2.45, 2.75) is 46.3 Å². The maximum atomic E-state index is 6.60. The second-order valence-corrected chi connectivity index (χ2v) is 9.64. The normalized spacial score (nSPS) is 20.0. The van der Waals surface area contributed by atoms with Crippen LogP contribution in [0.1, 0.15) is 29.2 Å². The first kappa shape index (κ1) is 21.7. The monoisotopic (exact) mass is 446 g/mol. The predicted octanol–water partition coefficient (Wildman–Crippen LogP) is 4.54. The Morgan fingerprint density at radius 2 is 1.67 bits per heavy atom. The molecule has 174 valence electrons. The van der Waals surface area contributed by atoms with E-state index >= 15 is 0 Å². The van der Waals surface area contributed by atoms with Crippen molar-refractivity contribution in [3.05, 3.63) is 65.0 Å². The number of methoxy groups -OCH3 is 1. The van der Waals surface area contributed by atoms with Crippen LogP contribution in [0.5, 0.6) is 11.5 Å². The van der Waals surface area contributed by atoms with E-state index in [0.717, 1.165) is 50.6 Å². The van der Waals surface area contributed by atoms with Crippen LogP contribution in [0, 0.1) is 20.8 Å². The number of rotatable bonds is 5. The van der Waals surface area contributed by atoms with Gasteiger partial charge in [-0.3, -0.25) is 4.68 Å². The number of anilines is 2. The van der Waals surface area contributed by atoms with E-state index in [1.54, 1.807) is 7.11 Å². The predicted molar refractivity (Wildman–Crippen MR) is 133 cm³/mol. The highest BCUT2D eigenvalue weighted by molar-refractivity contribution is 5.70. The van der Waals surface area contributed by atoms with Gasteiger partial charge in [0.2, 0.25) is 0 Å². The third-order valence-corrected chi connectivity index (χ3v) is 7.33. The van der Waals surface area contributed by atoms with E-state index in [2.05, 4.69) is 54.7 Å². The van der Waals surface area contributed by atoms with E-state index in [4.69, 9.17) is 9.47 Å². The lowest BCUT2D eigenvalue weighted by Gasteiger charge is -2.39. The molecule has 0 amide bonds. The molecule has 2 aliphatic heterocycles. The van der Waals surface area contributed by atoms with Gasteiger partial charge in [0.1, 0.15) is 17.1 Å². The molecule has 0 bridgehead atoms. The molecule has 33 heavy (non-hydrogen) atoms. The third kappa shape index (κ3) is 3.92. The van der Waals surface area contributed by atoms with Gasteiger partial charge in [0.15, 0.2) is 0 Å². The van der Waals surface area contributed by atoms with Crippen molar-refractivity contribution in [2.75, 3.05) is 43.1 Å². The van der Waals surface area contributed by atoms with Crippen molar-refractivity contribution in [3.8, 4) is 11.5 Å². The molecule has 0 radical (unpaired) electrons. The van der Waals surface area contributed by atoms with E-state index in [9.17, 15) is 0 Å². The molecule has 5 rings (SSSR count). The van der Waals surface area contributed by atoms with Gasteiger partial charge in [-0.2, -0.15) is 5.10 Å². The van der Waals surface area contributed by atoms with E-state index in [0.29, 0.717) is 0 Å². The third-order valence-electron chi connectivity index (χ3n) is 7.33. The van der Waals surface area contributed by atoms with Crippen molar-refractivity contribution in [1.29, 1.82) is 0 Å². The molecule has 0 aliphatic carbocycles. The summed E-state index contributed by atoms with van der Waals surface area (Å²) >= 11 is 0. The van der Waals surface area contributed by atoms with E-state index in [1.807, 2.05) is 35.3 Å². The molecule has 6 nitrogen and oxygen atoms in total. The van der Waals surface area contributed by atoms with Crippen LogP contribution in [0.25, 0.3) is 0 Å². The Morgan fingerprint density at radius 3 is 2.30 bits per heavy atom. The first-order valence-electron chi connectivity index (χ1n) is 11.8. The quantitative estimate of drug-likeness (QED) is 0.576. The number of hydrogen-bond acceptors (Lipinski definition) is 5. The number of aromatic nitrogens is 2. The summed E-state index contributed by atoms with van der Waals surface area (Å²) in [6.45, 7) is 13.7. The molecule has 1 saturated heterocycles. The summed E-state index contributed by atoms with van der Waals surface area (Å²) in [6.07, 6.45) is 4.75. The van der Waals surface area contributed by atoms with Gasteiger partial charge < -0.3 is 19.3 Å². The molecule has 3 aromatic rings. The highest BCUT2D eigenvalue weighted by Crippen LogP contribution is 2.46. The van der Waals surface area contributed by atoms with Crippen LogP contribution in [-0.4, -0.2) is 48.7 Å². The molecule has 1 atom stereocenters. The summed E-state index contributed by atoms with van der Waals surface area (Å²) in [5.41, 5.74) is 7.72. The fourth-order valence-electron chi connectivity index (χ4n) is 5.46. The fourth-order valence-corrected chi connectivity index (χ4v) is 5.46. The summed E-state index contributed by atoms with van der Waals surface area (Å²) < 4.78 is 13.9. The topological polar surface area (TPSA) is 42.8 Å². The van der Waals surface area contributed by atoms with Gasteiger partial charge in [0, 0.05) is 61.9 Å². The molecule has 0 saturated carbocycles. The lowest BCUT2D eigenvalue weighted by Crippen LogP contribution is -2.47. The summed E-state index contributed by atoms with van der Waals surface area (Å²) in [4.78, 5) is 5.03. The second kappa shape index (κ2) is 8.32. The van der Waals surface area contributed by atoms with Crippen LogP contribution in [0.2, 0.25) is 0 Å². The molecule has 0 N–H and O–H groups in total. The minimum Gasteiger partial charge on any atom is -0.497 e. The number of piperazine rings is 1. The molecule has 3 heterocycles. The van der Waals surface area contributed by atoms with Crippen LogP contribution in [0.15, 0.2) is 42.7 Å². The zero-order chi connectivity index (χ0) is 23.2. The van der Waals surface area contributed by atoms with Gasteiger partial charge in [-0.25, -0.2) is 0 Å². The second-order valence-electron chi connectivity index (χ2n) is 9.64. The molecule has 1 fully saturated rings. The Balaban J connectivity index is 1.36. The largest absolute Gasteiger partial charge is 0.497 e. The molecule has 2 aromatic carbocycles. The number of hydrogen-bond donors (Lipinski definition) is 0. The molecule has 0 spiro atoms. The molecular weight excluding hydrogens is 412 g/mol. The van der Waals surface area contributed by atoms with E-state index in [1.165, 1.54) is 33.6 Å². The maximum Gasteiger partial charge on any atom is 0.130 e. The number of nitrogens with zero attached hydrogens (tertiary/aromatic N) is 4. The summed E-state index contributed by atoms with van der Waals surface area (Å²) in [6, 6.07) is 10.4. The van der Waals surface area contributed by atoms with Crippen molar-refractivity contribution in [1.82, 2.24) is 9.78 Å². The number of ether oxygens (including phenoxy) is 2. The minimum absolute atomic E-state index is 0.276. The summed E-state index contributed by atoms with van der Waals surface area (Å²) in [7, 11) is 1.71. The average molecular weight is 447 g/mol. The minimum atomic E-state index is -0.276. The van der Waals surface area contributed by atoms with Gasteiger partial charge in [0.25, 0.3) is 0 Å². The molecule has 1 aromatic heterocycles. The SMILES string of the molecule is COc1ccc(N2CCN(c3c(C)c(C)c4c(c3C)CC(C)(Cn3cccn3)O4)CC2)cc1. The van der Waals surface area contributed by atoms with Gasteiger partial charge >= 0.3 is 0 Å². The molecule has 1 unspecified atom stereocenters. The smallest absolute Gasteiger partial charge is 0.130 e. The number of fused-ring (bicyclic) bond motifs is 1. The first-order chi connectivity index (χ1) is 15.9. The first-order valence-corrected chi connectivity index (χ1v) is 11.8. The number of benzene rings is 2. The van der Waals surface area contributed by atoms with Crippen LogP contribution in [0.3, 0.4) is 0 Å². The van der Waals surface area contributed by atoms with E-state index < -0.39 is 0 Å². The highest BCUT2D eigenvalue weighted by Gasteiger charge is 2.39. The molecule has 6 heteroatoms. The van der Waals surface area contributed by atoms with Gasteiger partial charge in [-0.05, 0) is 74.7 Å².